The second-order valence-corrected chi connectivity index (χ2v) is 5.64. The largest absolute Gasteiger partial charge is 0.317 e. The molecule has 1 N–H and O–H groups in total. The summed E-state index contributed by atoms with van der Waals surface area (Å²) in [6.07, 6.45) is 3.77. The van der Waals surface area contributed by atoms with E-state index in [0.717, 1.165) is 31.9 Å². The maximum absolute atomic E-state index is 4.28. The summed E-state index contributed by atoms with van der Waals surface area (Å²) in [5.41, 5.74) is 8.37. The van der Waals surface area contributed by atoms with Crippen molar-refractivity contribution in [1.82, 2.24) is 14.9 Å². The van der Waals surface area contributed by atoms with Crippen molar-refractivity contribution in [1.29, 1.82) is 0 Å². The molecule has 0 unspecified atom stereocenters. The van der Waals surface area contributed by atoms with Crippen molar-refractivity contribution in [3.8, 4) is 11.1 Å². The minimum absolute atomic E-state index is 1.03. The SMILES string of the molecule is Cc1ccccc1-c1ccncc1NN1CCN(C)CC1. The molecule has 21 heavy (non-hydrogen) atoms. The maximum atomic E-state index is 4.28. The number of aromatic nitrogens is 1. The smallest absolute Gasteiger partial charge is 0.0752 e. The summed E-state index contributed by atoms with van der Waals surface area (Å²) >= 11 is 0. The molecular weight excluding hydrogens is 260 g/mol. The fourth-order valence-corrected chi connectivity index (χ4v) is 2.68. The van der Waals surface area contributed by atoms with Gasteiger partial charge in [-0.1, -0.05) is 24.3 Å². The molecule has 0 saturated carbocycles. The normalized spacial score (nSPS) is 16.9. The summed E-state index contributed by atoms with van der Waals surface area (Å²) in [5.74, 6) is 0. The first kappa shape index (κ1) is 14.0. The molecule has 1 aliphatic rings. The molecule has 3 rings (SSSR count). The van der Waals surface area contributed by atoms with Crippen LogP contribution in [-0.2, 0) is 0 Å². The Kier molecular flexibility index (Phi) is 4.18. The van der Waals surface area contributed by atoms with E-state index in [1.807, 2.05) is 12.4 Å². The molecule has 4 heteroatoms. The lowest BCUT2D eigenvalue weighted by Crippen LogP contribution is -2.47. The highest BCUT2D eigenvalue weighted by atomic mass is 15.5. The van der Waals surface area contributed by atoms with E-state index in [1.165, 1.54) is 16.7 Å². The standard InChI is InChI=1S/C17H22N4/c1-14-5-3-4-6-15(14)16-7-8-18-13-17(16)19-21-11-9-20(2)10-12-21/h3-8,13,19H,9-12H2,1-2H3. The molecular formula is C17H22N4. The van der Waals surface area contributed by atoms with E-state index < -0.39 is 0 Å². The Morgan fingerprint density at radius 3 is 2.52 bits per heavy atom. The highest BCUT2D eigenvalue weighted by molar-refractivity contribution is 5.78. The van der Waals surface area contributed by atoms with Crippen molar-refractivity contribution >= 4 is 5.69 Å². The second kappa shape index (κ2) is 6.24. The van der Waals surface area contributed by atoms with Gasteiger partial charge in [0, 0.05) is 37.9 Å². The lowest BCUT2D eigenvalue weighted by molar-refractivity contribution is 0.179. The molecule has 0 bridgehead atoms. The Labute approximate surface area is 126 Å². The van der Waals surface area contributed by atoms with Gasteiger partial charge in [-0.25, -0.2) is 5.01 Å². The van der Waals surface area contributed by atoms with Crippen LogP contribution in [0.3, 0.4) is 0 Å². The number of aryl methyl sites for hydroxylation is 1. The molecule has 1 aliphatic heterocycles. The van der Waals surface area contributed by atoms with Crippen molar-refractivity contribution in [2.75, 3.05) is 38.7 Å². The third-order valence-electron chi connectivity index (χ3n) is 4.04. The molecule has 4 nitrogen and oxygen atoms in total. The molecule has 0 amide bonds. The van der Waals surface area contributed by atoms with Gasteiger partial charge < -0.3 is 10.3 Å². The summed E-state index contributed by atoms with van der Waals surface area (Å²) in [7, 11) is 2.17. The number of nitrogens with one attached hydrogen (secondary N) is 1. The number of rotatable bonds is 3. The molecule has 110 valence electrons. The van der Waals surface area contributed by atoms with Crippen molar-refractivity contribution in [3.05, 3.63) is 48.3 Å². The van der Waals surface area contributed by atoms with Crippen molar-refractivity contribution in [2.45, 2.75) is 6.92 Å². The Hall–Kier alpha value is -1.91. The Morgan fingerprint density at radius 2 is 1.76 bits per heavy atom. The molecule has 0 aliphatic carbocycles. The average Bonchev–Trinajstić information content (AvgIpc) is 2.51. The van der Waals surface area contributed by atoms with Gasteiger partial charge in [0.05, 0.1) is 11.9 Å². The van der Waals surface area contributed by atoms with E-state index >= 15 is 0 Å². The summed E-state index contributed by atoms with van der Waals surface area (Å²) in [5, 5.41) is 2.28. The van der Waals surface area contributed by atoms with E-state index in [4.69, 9.17) is 0 Å². The van der Waals surface area contributed by atoms with E-state index in [0.29, 0.717) is 0 Å². The Bertz CT molecular complexity index is 603. The molecule has 1 aromatic heterocycles. The number of piperazine rings is 1. The summed E-state index contributed by atoms with van der Waals surface area (Å²) in [4.78, 5) is 6.63. The predicted molar refractivity (Wildman–Crippen MR) is 87.1 cm³/mol. The van der Waals surface area contributed by atoms with Gasteiger partial charge in [0.15, 0.2) is 0 Å². The molecule has 1 fully saturated rings. The van der Waals surface area contributed by atoms with Crippen LogP contribution in [0.2, 0.25) is 0 Å². The van der Waals surface area contributed by atoms with E-state index in [-0.39, 0.29) is 0 Å². The quantitative estimate of drug-likeness (QED) is 0.938. The Balaban J connectivity index is 1.85. The first-order valence-electron chi connectivity index (χ1n) is 7.44. The van der Waals surface area contributed by atoms with E-state index in [9.17, 15) is 0 Å². The number of hydrazine groups is 1. The maximum Gasteiger partial charge on any atom is 0.0752 e. The fourth-order valence-electron chi connectivity index (χ4n) is 2.68. The lowest BCUT2D eigenvalue weighted by atomic mass is 10.0. The van der Waals surface area contributed by atoms with Crippen LogP contribution in [0.15, 0.2) is 42.7 Å². The number of hydrogen-bond acceptors (Lipinski definition) is 4. The van der Waals surface area contributed by atoms with Crippen LogP contribution >= 0.6 is 0 Å². The van der Waals surface area contributed by atoms with Gasteiger partial charge in [-0.3, -0.25) is 4.98 Å². The number of nitrogens with zero attached hydrogens (tertiary/aromatic N) is 3. The number of likely N-dealkylation sites (N-methyl/N-ethyl adjacent to an activating group) is 1. The predicted octanol–water partition coefficient (Wildman–Crippen LogP) is 2.63. The average molecular weight is 282 g/mol. The third-order valence-corrected chi connectivity index (χ3v) is 4.04. The molecule has 2 aromatic rings. The number of benzene rings is 1. The highest BCUT2D eigenvalue weighted by Gasteiger charge is 2.15. The van der Waals surface area contributed by atoms with Gasteiger partial charge in [-0.05, 0) is 31.2 Å². The number of pyridine rings is 1. The van der Waals surface area contributed by atoms with Gasteiger partial charge in [0.1, 0.15) is 0 Å². The summed E-state index contributed by atoms with van der Waals surface area (Å²) < 4.78 is 0. The first-order chi connectivity index (χ1) is 10.2. The number of hydrogen-bond donors (Lipinski definition) is 1. The number of anilines is 1. The van der Waals surface area contributed by atoms with Crippen molar-refractivity contribution in [3.63, 3.8) is 0 Å². The van der Waals surface area contributed by atoms with Crippen LogP contribution in [0.4, 0.5) is 5.69 Å². The minimum Gasteiger partial charge on any atom is -0.317 e. The molecule has 2 heterocycles. The summed E-state index contributed by atoms with van der Waals surface area (Å²) in [6, 6.07) is 10.6. The van der Waals surface area contributed by atoms with Crippen LogP contribution in [0.25, 0.3) is 11.1 Å². The van der Waals surface area contributed by atoms with Gasteiger partial charge in [0.2, 0.25) is 0 Å². The van der Waals surface area contributed by atoms with Gasteiger partial charge in [-0.2, -0.15) is 0 Å². The van der Waals surface area contributed by atoms with E-state index in [1.54, 1.807) is 0 Å². The zero-order valence-corrected chi connectivity index (χ0v) is 12.7. The zero-order chi connectivity index (χ0) is 14.7. The second-order valence-electron chi connectivity index (χ2n) is 5.64. The minimum atomic E-state index is 1.03. The van der Waals surface area contributed by atoms with E-state index in [2.05, 4.69) is 64.6 Å². The van der Waals surface area contributed by atoms with Crippen LogP contribution in [-0.4, -0.2) is 48.1 Å². The monoisotopic (exact) mass is 282 g/mol. The zero-order valence-electron chi connectivity index (χ0n) is 12.7. The van der Waals surface area contributed by atoms with Crippen LogP contribution in [0.1, 0.15) is 5.56 Å². The molecule has 1 aromatic carbocycles. The van der Waals surface area contributed by atoms with Gasteiger partial charge in [-0.15, -0.1) is 0 Å². The first-order valence-corrected chi connectivity index (χ1v) is 7.44. The third kappa shape index (κ3) is 3.23. The van der Waals surface area contributed by atoms with Crippen LogP contribution in [0.5, 0.6) is 0 Å². The molecule has 0 atom stereocenters. The fraction of sp³-hybridized carbons (Fsp3) is 0.353. The lowest BCUT2D eigenvalue weighted by Gasteiger charge is -2.33. The summed E-state index contributed by atoms with van der Waals surface area (Å²) in [6.45, 7) is 6.38. The van der Waals surface area contributed by atoms with Gasteiger partial charge in [0.25, 0.3) is 0 Å². The van der Waals surface area contributed by atoms with Crippen molar-refractivity contribution in [2.24, 2.45) is 0 Å². The topological polar surface area (TPSA) is 31.4 Å². The Morgan fingerprint density at radius 1 is 1.00 bits per heavy atom. The molecule has 1 saturated heterocycles. The van der Waals surface area contributed by atoms with Gasteiger partial charge >= 0.3 is 0 Å². The van der Waals surface area contributed by atoms with Crippen LogP contribution < -0.4 is 5.43 Å². The molecule has 0 radical (unpaired) electrons. The highest BCUT2D eigenvalue weighted by Crippen LogP contribution is 2.29. The van der Waals surface area contributed by atoms with Crippen molar-refractivity contribution < 1.29 is 0 Å². The van der Waals surface area contributed by atoms with Crippen LogP contribution in [0, 0.1) is 6.92 Å². The molecule has 0 spiro atoms.